The van der Waals surface area contributed by atoms with Gasteiger partial charge in [-0.15, -0.1) is 0 Å². The number of esters is 1. The van der Waals surface area contributed by atoms with Crippen LogP contribution in [0.2, 0.25) is 5.02 Å². The molecule has 2 heterocycles. The van der Waals surface area contributed by atoms with E-state index in [4.69, 9.17) is 21.1 Å². The third-order valence-corrected chi connectivity index (χ3v) is 6.07. The van der Waals surface area contributed by atoms with E-state index >= 15 is 0 Å². The van der Waals surface area contributed by atoms with Gasteiger partial charge < -0.3 is 9.47 Å². The third kappa shape index (κ3) is 6.41. The molecule has 0 N–H and O–H groups in total. The molecule has 33 heavy (non-hydrogen) atoms. The van der Waals surface area contributed by atoms with Crippen molar-refractivity contribution < 1.29 is 14.3 Å². The Balaban J connectivity index is 1.38. The molecule has 6 heteroatoms. The highest BCUT2D eigenvalue weighted by Gasteiger charge is 2.25. The van der Waals surface area contributed by atoms with Crippen molar-refractivity contribution in [2.24, 2.45) is 0 Å². The number of hydrogen-bond acceptors (Lipinski definition) is 5. The van der Waals surface area contributed by atoms with Gasteiger partial charge in [0.25, 0.3) is 0 Å². The molecule has 1 atom stereocenters. The Morgan fingerprint density at radius 3 is 2.55 bits per heavy atom. The van der Waals surface area contributed by atoms with Crippen LogP contribution in [-0.4, -0.2) is 41.7 Å². The number of carbonyl (C=O) groups excluding carboxylic acids is 1. The Hall–Kier alpha value is -2.73. The molecule has 5 nitrogen and oxygen atoms in total. The SMILES string of the molecule is CCOC(=O)c1ccnc(CN2CCC(OC(c3ccccc3)c3cccc(Cl)c3)CC2)c1. The molecule has 1 aromatic heterocycles. The molecule has 0 spiro atoms. The number of ether oxygens (including phenoxy) is 2. The van der Waals surface area contributed by atoms with Gasteiger partial charge in [-0.05, 0) is 55.2 Å². The molecule has 2 aromatic carbocycles. The van der Waals surface area contributed by atoms with Gasteiger partial charge in [-0.2, -0.15) is 0 Å². The first-order chi connectivity index (χ1) is 16.1. The first-order valence-corrected chi connectivity index (χ1v) is 11.8. The van der Waals surface area contributed by atoms with Gasteiger partial charge in [0, 0.05) is 30.9 Å². The van der Waals surface area contributed by atoms with E-state index in [0.717, 1.165) is 42.8 Å². The topological polar surface area (TPSA) is 51.7 Å². The average Bonchev–Trinajstić information content (AvgIpc) is 2.84. The maximum absolute atomic E-state index is 12.0. The van der Waals surface area contributed by atoms with Crippen LogP contribution < -0.4 is 0 Å². The summed E-state index contributed by atoms with van der Waals surface area (Å²) in [5.74, 6) is -0.304. The summed E-state index contributed by atoms with van der Waals surface area (Å²) in [6.45, 7) is 4.70. The average molecular weight is 465 g/mol. The van der Waals surface area contributed by atoms with Gasteiger partial charge >= 0.3 is 5.97 Å². The van der Waals surface area contributed by atoms with Crippen LogP contribution in [0.1, 0.15) is 53.0 Å². The van der Waals surface area contributed by atoms with E-state index in [1.165, 1.54) is 0 Å². The summed E-state index contributed by atoms with van der Waals surface area (Å²) in [5.41, 5.74) is 3.62. The van der Waals surface area contributed by atoms with Gasteiger partial charge in [0.1, 0.15) is 6.10 Å². The highest BCUT2D eigenvalue weighted by Crippen LogP contribution is 2.31. The molecule has 1 unspecified atom stereocenters. The lowest BCUT2D eigenvalue weighted by Crippen LogP contribution is -2.37. The second-order valence-corrected chi connectivity index (χ2v) is 8.65. The predicted molar refractivity (Wildman–Crippen MR) is 129 cm³/mol. The number of halogens is 1. The molecule has 172 valence electrons. The van der Waals surface area contributed by atoms with Crippen molar-refractivity contribution in [1.29, 1.82) is 0 Å². The number of piperidine rings is 1. The molecule has 0 amide bonds. The fraction of sp³-hybridized carbons (Fsp3) is 0.333. The van der Waals surface area contributed by atoms with Crippen molar-refractivity contribution in [3.63, 3.8) is 0 Å². The monoisotopic (exact) mass is 464 g/mol. The summed E-state index contributed by atoms with van der Waals surface area (Å²) in [5, 5.41) is 0.712. The van der Waals surface area contributed by atoms with Crippen LogP contribution in [-0.2, 0) is 16.0 Å². The first-order valence-electron chi connectivity index (χ1n) is 11.4. The fourth-order valence-electron chi connectivity index (χ4n) is 4.18. The van der Waals surface area contributed by atoms with Crippen LogP contribution in [0.4, 0.5) is 0 Å². The molecule has 0 saturated carbocycles. The van der Waals surface area contributed by atoms with Crippen LogP contribution in [0.5, 0.6) is 0 Å². The number of likely N-dealkylation sites (tertiary alicyclic amines) is 1. The lowest BCUT2D eigenvalue weighted by atomic mass is 10.00. The van der Waals surface area contributed by atoms with E-state index in [9.17, 15) is 4.79 Å². The number of rotatable bonds is 8. The maximum Gasteiger partial charge on any atom is 0.338 e. The Labute approximate surface area is 200 Å². The molecular formula is C27H29ClN2O3. The van der Waals surface area contributed by atoms with Crippen LogP contribution in [0, 0.1) is 0 Å². The summed E-state index contributed by atoms with van der Waals surface area (Å²) in [7, 11) is 0. The number of aromatic nitrogens is 1. The van der Waals surface area contributed by atoms with Gasteiger partial charge in [-0.3, -0.25) is 9.88 Å². The van der Waals surface area contributed by atoms with Crippen LogP contribution in [0.25, 0.3) is 0 Å². The number of pyridine rings is 1. The van der Waals surface area contributed by atoms with Crippen molar-refractivity contribution in [3.8, 4) is 0 Å². The maximum atomic E-state index is 12.0. The van der Waals surface area contributed by atoms with Gasteiger partial charge in [0.2, 0.25) is 0 Å². The fourth-order valence-corrected chi connectivity index (χ4v) is 4.38. The van der Waals surface area contributed by atoms with E-state index < -0.39 is 0 Å². The Kier molecular flexibility index (Phi) is 8.10. The van der Waals surface area contributed by atoms with Crippen LogP contribution in [0.3, 0.4) is 0 Å². The summed E-state index contributed by atoms with van der Waals surface area (Å²) in [6.07, 6.45) is 3.55. The summed E-state index contributed by atoms with van der Waals surface area (Å²) in [6, 6.07) is 21.7. The molecule has 1 aliphatic heterocycles. The standard InChI is InChI=1S/C27H29ClN2O3/c1-2-32-27(31)22-11-14-29-24(18-22)19-30-15-12-25(13-16-30)33-26(20-7-4-3-5-8-20)21-9-6-10-23(28)17-21/h3-11,14,17-18,25-26H,2,12-13,15-16,19H2,1H3. The highest BCUT2D eigenvalue weighted by molar-refractivity contribution is 6.30. The zero-order valence-corrected chi connectivity index (χ0v) is 19.6. The minimum Gasteiger partial charge on any atom is -0.462 e. The normalized spacial score (nSPS) is 15.8. The highest BCUT2D eigenvalue weighted by atomic mass is 35.5. The molecule has 1 saturated heterocycles. The summed E-state index contributed by atoms with van der Waals surface area (Å²) in [4.78, 5) is 18.8. The number of nitrogens with zero attached hydrogens (tertiary/aromatic N) is 2. The van der Waals surface area contributed by atoms with Crippen molar-refractivity contribution >= 4 is 17.6 Å². The lowest BCUT2D eigenvalue weighted by Gasteiger charge is -2.34. The first kappa shape index (κ1) is 23.4. The number of carbonyl (C=O) groups is 1. The molecule has 3 aromatic rings. The summed E-state index contributed by atoms with van der Waals surface area (Å²) < 4.78 is 11.7. The molecular weight excluding hydrogens is 436 g/mol. The zero-order chi connectivity index (χ0) is 23.0. The Morgan fingerprint density at radius 2 is 1.82 bits per heavy atom. The number of hydrogen-bond donors (Lipinski definition) is 0. The second-order valence-electron chi connectivity index (χ2n) is 8.21. The summed E-state index contributed by atoms with van der Waals surface area (Å²) >= 11 is 6.27. The minimum absolute atomic E-state index is 0.149. The van der Waals surface area contributed by atoms with Gasteiger partial charge in [-0.25, -0.2) is 4.79 Å². The molecule has 4 rings (SSSR count). The van der Waals surface area contributed by atoms with E-state index in [-0.39, 0.29) is 18.2 Å². The zero-order valence-electron chi connectivity index (χ0n) is 18.8. The Morgan fingerprint density at radius 1 is 1.06 bits per heavy atom. The smallest absolute Gasteiger partial charge is 0.338 e. The molecule has 1 fully saturated rings. The molecule has 0 aliphatic carbocycles. The predicted octanol–water partition coefficient (Wildman–Crippen LogP) is 5.68. The van der Waals surface area contributed by atoms with Crippen LogP contribution in [0.15, 0.2) is 72.9 Å². The van der Waals surface area contributed by atoms with E-state index in [0.29, 0.717) is 23.7 Å². The van der Waals surface area contributed by atoms with E-state index in [1.54, 1.807) is 19.2 Å². The lowest BCUT2D eigenvalue weighted by molar-refractivity contribution is -0.0283. The second kappa shape index (κ2) is 11.4. The van der Waals surface area contributed by atoms with E-state index in [1.807, 2.05) is 42.5 Å². The van der Waals surface area contributed by atoms with Crippen molar-refractivity contribution in [2.45, 2.75) is 38.5 Å². The van der Waals surface area contributed by atoms with E-state index in [2.05, 4.69) is 28.1 Å². The van der Waals surface area contributed by atoms with Crippen molar-refractivity contribution in [3.05, 3.63) is 100 Å². The third-order valence-electron chi connectivity index (χ3n) is 5.83. The largest absolute Gasteiger partial charge is 0.462 e. The quantitative estimate of drug-likeness (QED) is 0.401. The van der Waals surface area contributed by atoms with Crippen LogP contribution >= 0.6 is 11.6 Å². The Bertz CT molecular complexity index is 1050. The molecule has 0 bridgehead atoms. The van der Waals surface area contributed by atoms with Crippen molar-refractivity contribution in [1.82, 2.24) is 9.88 Å². The van der Waals surface area contributed by atoms with Crippen molar-refractivity contribution in [2.75, 3.05) is 19.7 Å². The van der Waals surface area contributed by atoms with Gasteiger partial charge in [-0.1, -0.05) is 54.1 Å². The molecule has 0 radical (unpaired) electrons. The van der Waals surface area contributed by atoms with Gasteiger partial charge in [0.05, 0.1) is 24.0 Å². The number of benzene rings is 2. The molecule has 1 aliphatic rings. The van der Waals surface area contributed by atoms with Gasteiger partial charge in [0.15, 0.2) is 0 Å². The minimum atomic E-state index is -0.304.